The van der Waals surface area contributed by atoms with Crippen LogP contribution in [0, 0.1) is 18.3 Å². The predicted octanol–water partition coefficient (Wildman–Crippen LogP) is 1.63. The third-order valence-electron chi connectivity index (χ3n) is 2.13. The van der Waals surface area contributed by atoms with Crippen LogP contribution in [0.2, 0.25) is 0 Å². The fourth-order valence-electron chi connectivity index (χ4n) is 1.38. The van der Waals surface area contributed by atoms with Crippen molar-refractivity contribution >= 4 is 5.82 Å². The van der Waals surface area contributed by atoms with Crippen LogP contribution in [0.25, 0.3) is 5.69 Å². The number of nitriles is 1. The van der Waals surface area contributed by atoms with E-state index >= 15 is 0 Å². The molecule has 74 valence electrons. The van der Waals surface area contributed by atoms with Crippen molar-refractivity contribution < 1.29 is 0 Å². The highest BCUT2D eigenvalue weighted by atomic mass is 15.3. The van der Waals surface area contributed by atoms with Crippen LogP contribution < -0.4 is 5.73 Å². The fourth-order valence-corrected chi connectivity index (χ4v) is 1.38. The van der Waals surface area contributed by atoms with E-state index < -0.39 is 0 Å². The molecule has 0 unspecified atom stereocenters. The molecule has 0 amide bonds. The van der Waals surface area contributed by atoms with Crippen molar-refractivity contribution in [3.63, 3.8) is 0 Å². The molecular weight excluding hydrogens is 188 g/mol. The molecule has 0 aliphatic heterocycles. The Kier molecular flexibility index (Phi) is 2.14. The summed E-state index contributed by atoms with van der Waals surface area (Å²) in [6.45, 7) is 2.00. The molecule has 0 saturated carbocycles. The number of nitrogen functional groups attached to an aromatic ring is 1. The molecule has 1 heterocycles. The van der Waals surface area contributed by atoms with Gasteiger partial charge in [-0.3, -0.25) is 0 Å². The van der Waals surface area contributed by atoms with Gasteiger partial charge in [0.05, 0.1) is 11.9 Å². The Bertz CT molecular complexity index is 534. The van der Waals surface area contributed by atoms with Gasteiger partial charge in [-0.1, -0.05) is 12.1 Å². The molecule has 4 nitrogen and oxygen atoms in total. The lowest BCUT2D eigenvalue weighted by Gasteiger charge is -2.01. The zero-order valence-electron chi connectivity index (χ0n) is 8.31. The Morgan fingerprint density at radius 3 is 2.87 bits per heavy atom. The van der Waals surface area contributed by atoms with Gasteiger partial charge >= 0.3 is 0 Å². The minimum Gasteiger partial charge on any atom is -0.381 e. The van der Waals surface area contributed by atoms with Gasteiger partial charge < -0.3 is 5.73 Å². The van der Waals surface area contributed by atoms with Gasteiger partial charge in [0.15, 0.2) is 5.82 Å². The van der Waals surface area contributed by atoms with Crippen LogP contribution in [0.5, 0.6) is 0 Å². The van der Waals surface area contributed by atoms with E-state index in [1.54, 1.807) is 10.9 Å². The van der Waals surface area contributed by atoms with E-state index in [9.17, 15) is 0 Å². The zero-order valence-corrected chi connectivity index (χ0v) is 8.31. The molecule has 0 aliphatic carbocycles. The Hall–Kier alpha value is -2.28. The Morgan fingerprint density at radius 2 is 2.27 bits per heavy atom. The summed E-state index contributed by atoms with van der Waals surface area (Å²) in [5.74, 6) is 0.263. The first-order valence-electron chi connectivity index (χ1n) is 4.53. The summed E-state index contributed by atoms with van der Waals surface area (Å²) in [6, 6.07) is 9.83. The Labute approximate surface area is 87.6 Å². The summed E-state index contributed by atoms with van der Waals surface area (Å²) in [5, 5.41) is 12.8. The summed E-state index contributed by atoms with van der Waals surface area (Å²) in [5.41, 5.74) is 8.02. The van der Waals surface area contributed by atoms with Crippen molar-refractivity contribution in [1.29, 1.82) is 5.26 Å². The van der Waals surface area contributed by atoms with Crippen LogP contribution >= 0.6 is 0 Å². The minimum atomic E-state index is 0.263. The molecule has 2 aromatic rings. The lowest BCUT2D eigenvalue weighted by molar-refractivity contribution is 0.884. The van der Waals surface area contributed by atoms with Crippen molar-refractivity contribution in [2.24, 2.45) is 0 Å². The highest BCUT2D eigenvalue weighted by Crippen LogP contribution is 2.13. The molecule has 0 aliphatic rings. The van der Waals surface area contributed by atoms with Crippen LogP contribution in [-0.4, -0.2) is 9.78 Å². The van der Waals surface area contributed by atoms with E-state index in [-0.39, 0.29) is 5.82 Å². The lowest BCUT2D eigenvalue weighted by Crippen LogP contribution is -1.96. The molecule has 4 heteroatoms. The lowest BCUT2D eigenvalue weighted by atomic mass is 10.2. The maximum absolute atomic E-state index is 8.75. The summed E-state index contributed by atoms with van der Waals surface area (Å²) in [7, 11) is 0. The second kappa shape index (κ2) is 3.46. The molecule has 0 spiro atoms. The Morgan fingerprint density at radius 1 is 1.47 bits per heavy atom. The highest BCUT2D eigenvalue weighted by molar-refractivity contribution is 5.49. The van der Waals surface area contributed by atoms with E-state index in [0.717, 1.165) is 11.3 Å². The molecule has 0 fully saturated rings. The first kappa shape index (κ1) is 9.28. The maximum atomic E-state index is 8.75. The SMILES string of the molecule is Cc1cccc(-n2cc(C#N)c(N)n2)c1. The van der Waals surface area contributed by atoms with Crippen LogP contribution in [0.15, 0.2) is 30.5 Å². The smallest absolute Gasteiger partial charge is 0.163 e. The summed E-state index contributed by atoms with van der Waals surface area (Å²) >= 11 is 0. The molecule has 2 rings (SSSR count). The van der Waals surface area contributed by atoms with Gasteiger partial charge in [0.1, 0.15) is 11.6 Å². The fraction of sp³-hybridized carbons (Fsp3) is 0.0909. The average Bonchev–Trinajstić information content (AvgIpc) is 2.60. The van der Waals surface area contributed by atoms with E-state index in [2.05, 4.69) is 5.10 Å². The molecule has 1 aromatic carbocycles. The van der Waals surface area contributed by atoms with Crippen LogP contribution in [0.4, 0.5) is 5.82 Å². The number of aromatic nitrogens is 2. The van der Waals surface area contributed by atoms with Crippen molar-refractivity contribution in [2.75, 3.05) is 5.73 Å². The number of hydrogen-bond acceptors (Lipinski definition) is 3. The maximum Gasteiger partial charge on any atom is 0.163 e. The summed E-state index contributed by atoms with van der Waals surface area (Å²) in [6.07, 6.45) is 1.63. The number of aryl methyl sites for hydroxylation is 1. The van der Waals surface area contributed by atoms with E-state index in [1.165, 1.54) is 0 Å². The van der Waals surface area contributed by atoms with Crippen LogP contribution in [0.1, 0.15) is 11.1 Å². The predicted molar refractivity (Wildman–Crippen MR) is 57.4 cm³/mol. The van der Waals surface area contributed by atoms with E-state index in [4.69, 9.17) is 11.0 Å². The monoisotopic (exact) mass is 198 g/mol. The van der Waals surface area contributed by atoms with Gasteiger partial charge in [0.2, 0.25) is 0 Å². The van der Waals surface area contributed by atoms with E-state index in [1.807, 2.05) is 37.3 Å². The first-order chi connectivity index (χ1) is 7.20. The number of benzene rings is 1. The standard InChI is InChI=1S/C11H10N4/c1-8-3-2-4-10(5-8)15-7-9(6-12)11(13)14-15/h2-5,7H,1H3,(H2,13,14). The Balaban J connectivity index is 2.51. The molecule has 0 radical (unpaired) electrons. The normalized spacial score (nSPS) is 9.87. The van der Waals surface area contributed by atoms with Crippen molar-refractivity contribution in [3.8, 4) is 11.8 Å². The number of anilines is 1. The quantitative estimate of drug-likeness (QED) is 0.757. The first-order valence-corrected chi connectivity index (χ1v) is 4.53. The van der Waals surface area contributed by atoms with Gasteiger partial charge in [-0.15, -0.1) is 5.10 Å². The number of nitrogens with two attached hydrogens (primary N) is 1. The summed E-state index contributed by atoms with van der Waals surface area (Å²) < 4.78 is 1.61. The zero-order chi connectivity index (χ0) is 10.8. The topological polar surface area (TPSA) is 67.6 Å². The van der Waals surface area contributed by atoms with Gasteiger partial charge in [0.25, 0.3) is 0 Å². The highest BCUT2D eigenvalue weighted by Gasteiger charge is 2.05. The number of hydrogen-bond donors (Lipinski definition) is 1. The molecule has 0 saturated heterocycles. The number of nitrogens with zero attached hydrogens (tertiary/aromatic N) is 3. The second-order valence-corrected chi connectivity index (χ2v) is 3.32. The molecule has 0 bridgehead atoms. The third-order valence-corrected chi connectivity index (χ3v) is 2.13. The van der Waals surface area contributed by atoms with E-state index in [0.29, 0.717) is 5.56 Å². The van der Waals surface area contributed by atoms with Crippen LogP contribution in [0.3, 0.4) is 0 Å². The molecule has 2 N–H and O–H groups in total. The minimum absolute atomic E-state index is 0.263. The molecule has 0 atom stereocenters. The second-order valence-electron chi connectivity index (χ2n) is 3.32. The third kappa shape index (κ3) is 1.67. The van der Waals surface area contributed by atoms with Gasteiger partial charge in [-0.05, 0) is 24.6 Å². The van der Waals surface area contributed by atoms with Gasteiger partial charge in [-0.2, -0.15) is 5.26 Å². The van der Waals surface area contributed by atoms with Gasteiger partial charge in [0, 0.05) is 0 Å². The summed E-state index contributed by atoms with van der Waals surface area (Å²) in [4.78, 5) is 0. The molecule has 1 aromatic heterocycles. The largest absolute Gasteiger partial charge is 0.381 e. The molecular formula is C11H10N4. The van der Waals surface area contributed by atoms with Crippen molar-refractivity contribution in [1.82, 2.24) is 9.78 Å². The molecule has 15 heavy (non-hydrogen) atoms. The van der Waals surface area contributed by atoms with Crippen molar-refractivity contribution in [3.05, 3.63) is 41.6 Å². The average molecular weight is 198 g/mol. The van der Waals surface area contributed by atoms with Crippen LogP contribution in [-0.2, 0) is 0 Å². The van der Waals surface area contributed by atoms with Gasteiger partial charge in [-0.25, -0.2) is 4.68 Å². The number of rotatable bonds is 1. The van der Waals surface area contributed by atoms with Crippen molar-refractivity contribution in [2.45, 2.75) is 6.92 Å².